The van der Waals surface area contributed by atoms with Gasteiger partial charge in [0.2, 0.25) is 5.91 Å². The summed E-state index contributed by atoms with van der Waals surface area (Å²) in [5, 5.41) is 10.7. The van der Waals surface area contributed by atoms with Crippen molar-refractivity contribution in [2.45, 2.75) is 20.3 Å². The Bertz CT molecular complexity index is 558. The van der Waals surface area contributed by atoms with Gasteiger partial charge in [-0.3, -0.25) is 14.9 Å². The summed E-state index contributed by atoms with van der Waals surface area (Å²) in [6.07, 6.45) is 4.29. The van der Waals surface area contributed by atoms with Crippen LogP contribution in [0.4, 0.5) is 5.69 Å². The number of likely N-dealkylation sites (tertiary alicyclic amines) is 1. The lowest BCUT2D eigenvalue weighted by Gasteiger charge is -2.34. The molecule has 0 unspecified atom stereocenters. The summed E-state index contributed by atoms with van der Waals surface area (Å²) >= 11 is 0. The summed E-state index contributed by atoms with van der Waals surface area (Å²) in [5.41, 5.74) is 0.695. The molecule has 1 fully saturated rings. The third-order valence-electron chi connectivity index (χ3n) is 3.68. The normalized spacial score (nSPS) is 22.5. The molecule has 2 atom stereocenters. The van der Waals surface area contributed by atoms with Crippen molar-refractivity contribution < 1.29 is 9.72 Å². The van der Waals surface area contributed by atoms with Crippen LogP contribution in [-0.4, -0.2) is 28.8 Å². The fraction of sp³-hybridized carbons (Fsp3) is 0.438. The average Bonchev–Trinajstić information content (AvgIpc) is 2.44. The monoisotopic (exact) mass is 288 g/mol. The lowest BCUT2D eigenvalue weighted by molar-refractivity contribution is -0.384. The van der Waals surface area contributed by atoms with E-state index in [0.29, 0.717) is 17.4 Å². The van der Waals surface area contributed by atoms with Crippen molar-refractivity contribution in [1.82, 2.24) is 4.90 Å². The van der Waals surface area contributed by atoms with E-state index in [-0.39, 0.29) is 11.6 Å². The second kappa shape index (κ2) is 6.52. The molecule has 0 N–H and O–H groups in total. The van der Waals surface area contributed by atoms with Gasteiger partial charge in [-0.1, -0.05) is 26.0 Å². The highest BCUT2D eigenvalue weighted by Crippen LogP contribution is 2.21. The van der Waals surface area contributed by atoms with E-state index in [4.69, 9.17) is 0 Å². The zero-order valence-electron chi connectivity index (χ0n) is 12.4. The standard InChI is InChI=1S/C16H20N2O3/c1-12-8-13(2)11-17(10-12)16(19)7-6-14-4-3-5-15(9-14)18(20)21/h3-7,9,12-13H,8,10-11H2,1-2H3/b7-6+/t12-,13-/m0/s1. The Kier molecular flexibility index (Phi) is 4.73. The molecule has 1 aromatic rings. The number of carbonyl (C=O) groups excluding carboxylic acids is 1. The first-order chi connectivity index (χ1) is 9.95. The number of nitro groups is 1. The molecule has 0 aromatic heterocycles. The Hall–Kier alpha value is -2.17. The molecule has 1 aliphatic rings. The minimum atomic E-state index is -0.437. The number of piperidine rings is 1. The Morgan fingerprint density at radius 3 is 2.62 bits per heavy atom. The largest absolute Gasteiger partial charge is 0.339 e. The van der Waals surface area contributed by atoms with Gasteiger partial charge in [-0.05, 0) is 29.9 Å². The molecule has 1 saturated heterocycles. The molecule has 2 rings (SSSR count). The zero-order chi connectivity index (χ0) is 15.4. The van der Waals surface area contributed by atoms with E-state index in [1.165, 1.54) is 18.2 Å². The molecule has 0 saturated carbocycles. The van der Waals surface area contributed by atoms with Crippen molar-refractivity contribution in [2.75, 3.05) is 13.1 Å². The summed E-state index contributed by atoms with van der Waals surface area (Å²) in [6.45, 7) is 5.87. The van der Waals surface area contributed by atoms with Crippen LogP contribution in [-0.2, 0) is 4.79 Å². The highest BCUT2D eigenvalue weighted by Gasteiger charge is 2.23. The van der Waals surface area contributed by atoms with Crippen LogP contribution in [0.2, 0.25) is 0 Å². The summed E-state index contributed by atoms with van der Waals surface area (Å²) in [4.78, 5) is 24.3. The van der Waals surface area contributed by atoms with Crippen LogP contribution in [0.25, 0.3) is 6.08 Å². The lowest BCUT2D eigenvalue weighted by Crippen LogP contribution is -2.41. The van der Waals surface area contributed by atoms with E-state index in [1.807, 2.05) is 4.90 Å². The second-order valence-electron chi connectivity index (χ2n) is 5.87. The SMILES string of the molecule is C[C@H]1C[C@H](C)CN(C(=O)/C=C/c2cccc([N+](=O)[O-])c2)C1. The summed E-state index contributed by atoms with van der Waals surface area (Å²) in [6, 6.07) is 6.27. The van der Waals surface area contributed by atoms with Gasteiger partial charge in [-0.25, -0.2) is 0 Å². The number of nitro benzene ring substituents is 1. The molecular formula is C16H20N2O3. The molecule has 21 heavy (non-hydrogen) atoms. The minimum absolute atomic E-state index is 0.0279. The topological polar surface area (TPSA) is 63.5 Å². The number of hydrogen-bond donors (Lipinski definition) is 0. The van der Waals surface area contributed by atoms with E-state index in [1.54, 1.807) is 18.2 Å². The van der Waals surface area contributed by atoms with Crippen LogP contribution in [0.1, 0.15) is 25.8 Å². The van der Waals surface area contributed by atoms with Gasteiger partial charge >= 0.3 is 0 Å². The molecule has 5 nitrogen and oxygen atoms in total. The molecule has 1 amide bonds. The molecule has 0 bridgehead atoms. The van der Waals surface area contributed by atoms with E-state index in [9.17, 15) is 14.9 Å². The van der Waals surface area contributed by atoms with Crippen molar-refractivity contribution >= 4 is 17.7 Å². The first-order valence-electron chi connectivity index (χ1n) is 7.17. The summed E-state index contributed by atoms with van der Waals surface area (Å²) in [5.74, 6) is 1.01. The number of benzene rings is 1. The van der Waals surface area contributed by atoms with Gasteiger partial charge in [-0.15, -0.1) is 0 Å². The second-order valence-corrected chi connectivity index (χ2v) is 5.87. The molecule has 1 aliphatic heterocycles. The first-order valence-corrected chi connectivity index (χ1v) is 7.17. The van der Waals surface area contributed by atoms with Crippen molar-refractivity contribution in [3.63, 3.8) is 0 Å². The molecular weight excluding hydrogens is 268 g/mol. The highest BCUT2D eigenvalue weighted by molar-refractivity contribution is 5.91. The van der Waals surface area contributed by atoms with Crippen molar-refractivity contribution in [1.29, 1.82) is 0 Å². The predicted octanol–water partition coefficient (Wildman–Crippen LogP) is 3.11. The number of nitrogens with zero attached hydrogens (tertiary/aromatic N) is 2. The fourth-order valence-electron chi connectivity index (χ4n) is 2.86. The molecule has 0 spiro atoms. The Morgan fingerprint density at radius 1 is 1.33 bits per heavy atom. The van der Waals surface area contributed by atoms with Crippen LogP contribution in [0.3, 0.4) is 0 Å². The lowest BCUT2D eigenvalue weighted by atomic mass is 9.92. The van der Waals surface area contributed by atoms with Gasteiger partial charge in [0.15, 0.2) is 0 Å². The molecule has 1 heterocycles. The van der Waals surface area contributed by atoms with Gasteiger partial charge in [0.25, 0.3) is 5.69 Å². The number of non-ortho nitro benzene ring substituents is 1. The van der Waals surface area contributed by atoms with Crippen molar-refractivity contribution in [3.05, 3.63) is 46.0 Å². The average molecular weight is 288 g/mol. The fourth-order valence-corrected chi connectivity index (χ4v) is 2.86. The zero-order valence-corrected chi connectivity index (χ0v) is 12.4. The van der Waals surface area contributed by atoms with Crippen LogP contribution in [0.5, 0.6) is 0 Å². The van der Waals surface area contributed by atoms with Crippen LogP contribution < -0.4 is 0 Å². The minimum Gasteiger partial charge on any atom is -0.339 e. The van der Waals surface area contributed by atoms with Crippen LogP contribution in [0, 0.1) is 22.0 Å². The molecule has 0 radical (unpaired) electrons. The third-order valence-corrected chi connectivity index (χ3v) is 3.68. The molecule has 0 aliphatic carbocycles. The number of hydrogen-bond acceptors (Lipinski definition) is 3. The van der Waals surface area contributed by atoms with E-state index >= 15 is 0 Å². The van der Waals surface area contributed by atoms with Gasteiger partial charge in [0.05, 0.1) is 4.92 Å². The molecule has 5 heteroatoms. The maximum Gasteiger partial charge on any atom is 0.270 e. The Balaban J connectivity index is 2.05. The smallest absolute Gasteiger partial charge is 0.270 e. The Morgan fingerprint density at radius 2 is 2.00 bits per heavy atom. The number of carbonyl (C=O) groups is 1. The summed E-state index contributed by atoms with van der Waals surface area (Å²) in [7, 11) is 0. The van der Waals surface area contributed by atoms with Crippen LogP contribution >= 0.6 is 0 Å². The highest BCUT2D eigenvalue weighted by atomic mass is 16.6. The summed E-state index contributed by atoms with van der Waals surface area (Å²) < 4.78 is 0. The van der Waals surface area contributed by atoms with Crippen molar-refractivity contribution in [2.24, 2.45) is 11.8 Å². The van der Waals surface area contributed by atoms with Gasteiger partial charge in [-0.2, -0.15) is 0 Å². The van der Waals surface area contributed by atoms with E-state index < -0.39 is 4.92 Å². The number of amides is 1. The quantitative estimate of drug-likeness (QED) is 0.487. The van der Waals surface area contributed by atoms with E-state index in [0.717, 1.165) is 19.5 Å². The van der Waals surface area contributed by atoms with Gasteiger partial charge < -0.3 is 4.90 Å². The number of rotatable bonds is 3. The molecule has 112 valence electrons. The molecule has 1 aromatic carbocycles. The maximum absolute atomic E-state index is 12.2. The first kappa shape index (κ1) is 15.2. The predicted molar refractivity (Wildman–Crippen MR) is 81.7 cm³/mol. The van der Waals surface area contributed by atoms with Crippen molar-refractivity contribution in [3.8, 4) is 0 Å². The van der Waals surface area contributed by atoms with E-state index in [2.05, 4.69) is 13.8 Å². The van der Waals surface area contributed by atoms with Gasteiger partial charge in [0.1, 0.15) is 0 Å². The van der Waals surface area contributed by atoms with Crippen LogP contribution in [0.15, 0.2) is 30.3 Å². The maximum atomic E-state index is 12.2. The van der Waals surface area contributed by atoms with Gasteiger partial charge in [0, 0.05) is 31.3 Å². The third kappa shape index (κ3) is 4.15. The Labute approximate surface area is 124 Å².